The number of carbonyl (C=O) groups excluding carboxylic acids is 1. The van der Waals surface area contributed by atoms with Crippen LogP contribution in [0, 0.1) is 16.3 Å². The molecule has 10 nitrogen and oxygen atoms in total. The third-order valence-corrected chi connectivity index (χ3v) is 3.25. The van der Waals surface area contributed by atoms with Crippen LogP contribution in [-0.2, 0) is 6.54 Å². The highest BCUT2D eigenvalue weighted by atomic mass is 31.1. The van der Waals surface area contributed by atoms with Crippen LogP contribution in [0.4, 0.5) is 9.88 Å². The van der Waals surface area contributed by atoms with Crippen LogP contribution >= 0.6 is 9.55 Å². The van der Waals surface area contributed by atoms with E-state index in [0.29, 0.717) is 5.69 Å². The highest BCUT2D eigenvalue weighted by molar-refractivity contribution is 7.09. The smallest absolute Gasteiger partial charge is 0.274 e. The van der Waals surface area contributed by atoms with Crippen molar-refractivity contribution in [2.45, 2.75) is 14.0 Å². The van der Waals surface area contributed by atoms with Gasteiger partial charge in [0.2, 0.25) is 0 Å². The number of aromatic nitrogens is 2. The van der Waals surface area contributed by atoms with E-state index in [4.69, 9.17) is 21.8 Å². The molecule has 1 amide bonds. The van der Waals surface area contributed by atoms with Crippen molar-refractivity contribution in [1.29, 1.82) is 16.3 Å². The SMILES string of the molecule is C.FP.N.N#N.O=C(Nc1cc[n+](Cc2ccccc2)cc1)c1ccccn1.[N-]=[N+]=N. The number of nitrogens with one attached hydrogen (secondary N) is 2. The second kappa shape index (κ2) is 20.8. The number of hydrogen-bond acceptors (Lipinski definition) is 6. The standard InChI is InChI=1S/C18H15N3O.CH4.FH2P.HN3.N2.H3N/c22-18(17-8-4-5-11-19-17)20-16-9-12-21(13-10-16)14-15-6-2-1-3-7-15;;1-2;1-3-2;1-2;/h1-13H,14H2;1H4;2H2;1H;;1H3/p+1. The van der Waals surface area contributed by atoms with Gasteiger partial charge in [-0.25, -0.2) is 8.76 Å². The summed E-state index contributed by atoms with van der Waals surface area (Å²) in [6, 6.07) is 19.3. The van der Waals surface area contributed by atoms with E-state index >= 15 is 0 Å². The fourth-order valence-electron chi connectivity index (χ4n) is 2.13. The molecule has 0 aliphatic heterocycles. The largest absolute Gasteiger partial charge is 0.344 e. The van der Waals surface area contributed by atoms with Gasteiger partial charge in [-0.3, -0.25) is 9.78 Å². The van der Waals surface area contributed by atoms with Crippen LogP contribution in [0.3, 0.4) is 0 Å². The summed E-state index contributed by atoms with van der Waals surface area (Å²) < 4.78 is 11.5. The molecule has 0 spiro atoms. The quantitative estimate of drug-likeness (QED) is 0.125. The van der Waals surface area contributed by atoms with Crippen molar-refractivity contribution < 1.29 is 13.6 Å². The van der Waals surface area contributed by atoms with Crippen LogP contribution < -0.4 is 16.0 Å². The maximum absolute atomic E-state index is 12.0. The van der Waals surface area contributed by atoms with Gasteiger partial charge >= 0.3 is 0 Å². The third kappa shape index (κ3) is 13.0. The highest BCUT2D eigenvalue weighted by Crippen LogP contribution is 2.06. The average molecular weight is 446 g/mol. The summed E-state index contributed by atoms with van der Waals surface area (Å²) in [5.41, 5.74) is 14.6. The maximum Gasteiger partial charge on any atom is 0.274 e. The summed E-state index contributed by atoms with van der Waals surface area (Å²) in [6.07, 6.45) is 5.50. The third-order valence-electron chi connectivity index (χ3n) is 3.25. The molecule has 12 heteroatoms. The Balaban J connectivity index is -0.000000786. The van der Waals surface area contributed by atoms with E-state index in [1.165, 1.54) is 5.56 Å². The van der Waals surface area contributed by atoms with Crippen molar-refractivity contribution in [2.24, 2.45) is 0 Å². The van der Waals surface area contributed by atoms with Crippen LogP contribution in [0.5, 0.6) is 0 Å². The molecule has 31 heavy (non-hydrogen) atoms. The number of carbonyl (C=O) groups is 1. The van der Waals surface area contributed by atoms with E-state index < -0.39 is 0 Å². The number of pyridine rings is 2. The molecule has 0 bridgehead atoms. The predicted molar refractivity (Wildman–Crippen MR) is 120 cm³/mol. The fourth-order valence-corrected chi connectivity index (χ4v) is 2.13. The van der Waals surface area contributed by atoms with Crippen molar-refractivity contribution in [3.8, 4) is 0 Å². The Hall–Kier alpha value is -3.96. The van der Waals surface area contributed by atoms with E-state index in [1.54, 1.807) is 29.3 Å². The molecule has 0 aliphatic rings. The minimum absolute atomic E-state index is 0. The molecule has 2 aromatic heterocycles. The number of halogens is 1. The normalized spacial score (nSPS) is 7.74. The number of hydrogen-bond donors (Lipinski definition) is 3. The first kappa shape index (κ1) is 31.7. The van der Waals surface area contributed by atoms with E-state index in [2.05, 4.69) is 27.0 Å². The molecule has 5 N–H and O–H groups in total. The number of anilines is 1. The van der Waals surface area contributed by atoms with Gasteiger partial charge in [-0.2, -0.15) is 0 Å². The zero-order chi connectivity index (χ0) is 21.9. The number of rotatable bonds is 4. The summed E-state index contributed by atoms with van der Waals surface area (Å²) >= 11 is 0. The summed E-state index contributed by atoms with van der Waals surface area (Å²) in [6.45, 7) is 0.801. The summed E-state index contributed by atoms with van der Waals surface area (Å²) in [5, 5.41) is 14.8. The molecule has 3 aromatic rings. The zero-order valence-corrected chi connectivity index (χ0v) is 17.1. The second-order valence-corrected chi connectivity index (χ2v) is 5.01. The van der Waals surface area contributed by atoms with Gasteiger partial charge in [0.05, 0.1) is 15.2 Å². The molecule has 3 rings (SSSR count). The predicted octanol–water partition coefficient (Wildman–Crippen LogP) is 5.12. The molecule has 1 atom stereocenters. The molecular weight excluding hydrogens is 420 g/mol. The fraction of sp³-hybridized carbons (Fsp3) is 0.105. The topological polar surface area (TPSA) is 189 Å². The van der Waals surface area contributed by atoms with E-state index in [9.17, 15) is 8.99 Å². The second-order valence-electron chi connectivity index (χ2n) is 5.01. The van der Waals surface area contributed by atoms with Gasteiger partial charge in [-0.05, 0) is 22.6 Å². The molecule has 1 unspecified atom stereocenters. The minimum atomic E-state index is -0.207. The lowest BCUT2D eigenvalue weighted by molar-refractivity contribution is -0.688. The first-order valence-corrected chi connectivity index (χ1v) is 8.34. The first-order chi connectivity index (χ1) is 14.2. The van der Waals surface area contributed by atoms with Gasteiger partial charge in [0.25, 0.3) is 5.91 Å². The molecule has 2 heterocycles. The first-order valence-electron chi connectivity index (χ1n) is 7.91. The maximum atomic E-state index is 12.0. The van der Waals surface area contributed by atoms with Crippen LogP contribution in [0.2, 0.25) is 0 Å². The highest BCUT2D eigenvalue weighted by Gasteiger charge is 2.08. The molecule has 0 aliphatic carbocycles. The number of amides is 1. The van der Waals surface area contributed by atoms with Crippen LogP contribution in [0.25, 0.3) is 10.4 Å². The molecule has 0 fully saturated rings. The Labute approximate surface area is 182 Å². The number of benzene rings is 1. The average Bonchev–Trinajstić information content (AvgIpc) is 2.80. The lowest BCUT2D eigenvalue weighted by Crippen LogP contribution is -2.33. The lowest BCUT2D eigenvalue weighted by atomic mass is 10.2. The van der Waals surface area contributed by atoms with Gasteiger partial charge in [0.15, 0.2) is 18.9 Å². The van der Waals surface area contributed by atoms with Gasteiger partial charge in [-0.1, -0.05) is 43.8 Å². The molecule has 0 saturated heterocycles. The Bertz CT molecular complexity index is 889. The van der Waals surface area contributed by atoms with Gasteiger partial charge in [-0.15, -0.1) is 5.53 Å². The Kier molecular flexibility index (Phi) is 21.3. The van der Waals surface area contributed by atoms with E-state index in [1.807, 2.05) is 42.7 Å². The van der Waals surface area contributed by atoms with E-state index in [0.717, 1.165) is 21.8 Å². The van der Waals surface area contributed by atoms with E-state index in [-0.39, 0.29) is 19.5 Å². The Morgan fingerprint density at radius 2 is 1.61 bits per heavy atom. The van der Waals surface area contributed by atoms with Gasteiger partial charge < -0.3 is 11.5 Å². The molecular formula is C19H26FN9OP+. The monoisotopic (exact) mass is 446 g/mol. The lowest BCUT2D eigenvalue weighted by Gasteiger charge is -2.04. The van der Waals surface area contributed by atoms with Crippen molar-refractivity contribution in [3.63, 3.8) is 0 Å². The van der Waals surface area contributed by atoms with Gasteiger partial charge in [0.1, 0.15) is 5.69 Å². The van der Waals surface area contributed by atoms with Crippen molar-refractivity contribution >= 4 is 21.1 Å². The molecule has 0 saturated carbocycles. The van der Waals surface area contributed by atoms with Crippen molar-refractivity contribution in [3.05, 3.63) is 101 Å². The zero-order valence-electron chi connectivity index (χ0n) is 16.0. The molecule has 164 valence electrons. The summed E-state index contributed by atoms with van der Waals surface area (Å²) in [5.74, 6) is -0.207. The van der Waals surface area contributed by atoms with Crippen LogP contribution in [0.15, 0.2) is 79.3 Å². The van der Waals surface area contributed by atoms with Gasteiger partial charge in [0, 0.05) is 34.7 Å². The van der Waals surface area contributed by atoms with Crippen LogP contribution in [-0.4, -0.2) is 10.9 Å². The van der Waals surface area contributed by atoms with Crippen molar-refractivity contribution in [2.75, 3.05) is 5.32 Å². The summed E-state index contributed by atoms with van der Waals surface area (Å²) in [4.78, 5) is 17.8. The number of nitrogens with zero attached hydrogens (tertiary/aromatic N) is 6. The molecule has 0 radical (unpaired) electrons. The minimum Gasteiger partial charge on any atom is -0.344 e. The summed E-state index contributed by atoms with van der Waals surface area (Å²) in [7, 11) is 0.917. The Morgan fingerprint density at radius 3 is 2.10 bits per heavy atom. The molecule has 1 aromatic carbocycles. The Morgan fingerprint density at radius 1 is 1.10 bits per heavy atom. The van der Waals surface area contributed by atoms with Crippen LogP contribution in [0.1, 0.15) is 23.5 Å². The van der Waals surface area contributed by atoms with Crippen molar-refractivity contribution in [1.82, 2.24) is 11.1 Å².